The number of anilines is 3. The summed E-state index contributed by atoms with van der Waals surface area (Å²) in [5.41, 5.74) is -4.69. The van der Waals surface area contributed by atoms with E-state index in [4.69, 9.17) is 5.26 Å². The summed E-state index contributed by atoms with van der Waals surface area (Å²) in [6, 6.07) is 6.60. The van der Waals surface area contributed by atoms with Crippen molar-refractivity contribution < 1.29 is 31.4 Å². The largest absolute Gasteiger partial charge is 0.433 e. The van der Waals surface area contributed by atoms with Crippen molar-refractivity contribution in [1.82, 2.24) is 24.9 Å². The number of nitrogens with zero attached hydrogens (tertiary/aromatic N) is 7. The summed E-state index contributed by atoms with van der Waals surface area (Å²) >= 11 is 0. The smallest absolute Gasteiger partial charge is 0.370 e. The van der Waals surface area contributed by atoms with Gasteiger partial charge in [-0.05, 0) is 30.3 Å². The molecule has 9 nitrogen and oxygen atoms in total. The molecule has 0 spiro atoms. The molecule has 1 unspecified atom stereocenters. The van der Waals surface area contributed by atoms with E-state index in [1.165, 1.54) is 23.2 Å². The molecule has 4 rings (SSSR count). The number of halogens is 6. The number of β-amino-alcohol motifs (C(OH)–C–C–N with tert-alkyl or cyclic N) is 1. The van der Waals surface area contributed by atoms with Crippen LogP contribution in [0, 0.1) is 11.3 Å². The van der Waals surface area contributed by atoms with Crippen molar-refractivity contribution in [3.8, 4) is 17.6 Å². The van der Waals surface area contributed by atoms with Gasteiger partial charge in [0.25, 0.3) is 0 Å². The average molecular weight is 494 g/mol. The molecular formula is C20H12F6N8O. The SMILES string of the molecule is N#CC1(O)C=CN(c2nc(Nc3ccnc(C(F)(F)F)c3)nc(-c3cccc(C(F)(F)F)n3)n2)C1. The standard InChI is InChI=1S/C20H12F6N8O/c21-19(22,23)13-3-1-2-12(30-13)15-31-16(29-11-4-6-28-14(8-11)20(24,25)26)33-17(32-15)34-7-5-18(35,9-27)10-34/h1-8,35H,10H2,(H,28,29,31,32,33). The van der Waals surface area contributed by atoms with Gasteiger partial charge in [0.2, 0.25) is 11.9 Å². The van der Waals surface area contributed by atoms with Crippen molar-refractivity contribution in [3.05, 3.63) is 60.2 Å². The van der Waals surface area contributed by atoms with Crippen LogP contribution in [0.15, 0.2) is 48.8 Å². The highest BCUT2D eigenvalue weighted by molar-refractivity contribution is 5.60. The van der Waals surface area contributed by atoms with Crippen molar-refractivity contribution in [2.75, 3.05) is 16.8 Å². The van der Waals surface area contributed by atoms with Crippen LogP contribution in [-0.2, 0) is 12.4 Å². The van der Waals surface area contributed by atoms with Gasteiger partial charge in [0.15, 0.2) is 11.4 Å². The van der Waals surface area contributed by atoms with Gasteiger partial charge in [-0.15, -0.1) is 0 Å². The summed E-state index contributed by atoms with van der Waals surface area (Å²) in [7, 11) is 0. The van der Waals surface area contributed by atoms with Gasteiger partial charge in [-0.25, -0.2) is 4.98 Å². The molecule has 0 saturated heterocycles. The molecule has 180 valence electrons. The first-order chi connectivity index (χ1) is 16.4. The quantitative estimate of drug-likeness (QED) is 0.413. The molecule has 3 aromatic rings. The number of hydrogen-bond acceptors (Lipinski definition) is 9. The Kier molecular flexibility index (Phi) is 5.77. The molecule has 0 saturated carbocycles. The Balaban J connectivity index is 1.77. The van der Waals surface area contributed by atoms with E-state index in [0.717, 1.165) is 24.4 Å². The lowest BCUT2D eigenvalue weighted by molar-refractivity contribution is -0.141. The maximum absolute atomic E-state index is 13.1. The Morgan fingerprint density at radius 2 is 1.74 bits per heavy atom. The Labute approximate surface area is 192 Å². The maximum atomic E-state index is 13.1. The second-order valence-electron chi connectivity index (χ2n) is 7.22. The van der Waals surface area contributed by atoms with Gasteiger partial charge in [0, 0.05) is 18.1 Å². The first-order valence-electron chi connectivity index (χ1n) is 9.57. The highest BCUT2D eigenvalue weighted by Crippen LogP contribution is 2.31. The third-order valence-electron chi connectivity index (χ3n) is 4.59. The zero-order valence-corrected chi connectivity index (χ0v) is 17.2. The minimum absolute atomic E-state index is 0.113. The zero-order valence-electron chi connectivity index (χ0n) is 17.2. The van der Waals surface area contributed by atoms with Crippen LogP contribution in [0.2, 0.25) is 0 Å². The normalized spacial score (nSPS) is 17.9. The number of aliphatic hydroxyl groups is 1. The van der Waals surface area contributed by atoms with Crippen molar-refractivity contribution in [2.24, 2.45) is 0 Å². The second-order valence-corrected chi connectivity index (χ2v) is 7.22. The van der Waals surface area contributed by atoms with Gasteiger partial charge in [-0.2, -0.15) is 46.6 Å². The monoisotopic (exact) mass is 494 g/mol. The summed E-state index contributed by atoms with van der Waals surface area (Å²) in [4.78, 5) is 20.1. The highest BCUT2D eigenvalue weighted by atomic mass is 19.4. The minimum atomic E-state index is -4.75. The summed E-state index contributed by atoms with van der Waals surface area (Å²) in [6.45, 7) is -0.310. The number of pyridine rings is 2. The van der Waals surface area contributed by atoms with Crippen LogP contribution in [-0.4, -0.2) is 42.2 Å². The molecule has 0 radical (unpaired) electrons. The fourth-order valence-corrected chi connectivity index (χ4v) is 2.96. The molecule has 35 heavy (non-hydrogen) atoms. The van der Waals surface area contributed by atoms with Crippen LogP contribution in [0.1, 0.15) is 11.4 Å². The Morgan fingerprint density at radius 3 is 2.40 bits per heavy atom. The highest BCUT2D eigenvalue weighted by Gasteiger charge is 2.35. The van der Waals surface area contributed by atoms with Crippen molar-refractivity contribution in [3.63, 3.8) is 0 Å². The molecular weight excluding hydrogens is 482 g/mol. The van der Waals surface area contributed by atoms with E-state index in [0.29, 0.717) is 6.07 Å². The van der Waals surface area contributed by atoms with Crippen molar-refractivity contribution in [1.29, 1.82) is 5.26 Å². The molecule has 4 heterocycles. The molecule has 0 fully saturated rings. The van der Waals surface area contributed by atoms with Crippen LogP contribution in [0.3, 0.4) is 0 Å². The molecule has 0 bridgehead atoms. The van der Waals surface area contributed by atoms with E-state index < -0.39 is 29.3 Å². The molecule has 0 amide bonds. The predicted octanol–water partition coefficient (Wildman–Crippen LogP) is 3.70. The fraction of sp³-hybridized carbons (Fsp3) is 0.200. The minimum Gasteiger partial charge on any atom is -0.370 e. The molecule has 3 aromatic heterocycles. The third-order valence-corrected chi connectivity index (χ3v) is 4.59. The first-order valence-corrected chi connectivity index (χ1v) is 9.57. The van der Waals surface area contributed by atoms with E-state index in [9.17, 15) is 31.4 Å². The van der Waals surface area contributed by atoms with Crippen LogP contribution < -0.4 is 10.2 Å². The van der Waals surface area contributed by atoms with Crippen LogP contribution in [0.25, 0.3) is 11.5 Å². The van der Waals surface area contributed by atoms with Crippen molar-refractivity contribution >= 4 is 17.6 Å². The molecule has 0 aliphatic carbocycles. The Hall–Kier alpha value is -4.32. The Morgan fingerprint density at radius 1 is 1.00 bits per heavy atom. The lowest BCUT2D eigenvalue weighted by Gasteiger charge is -2.19. The van der Waals surface area contributed by atoms with Gasteiger partial charge in [0.05, 0.1) is 6.54 Å². The number of aromatic nitrogens is 5. The summed E-state index contributed by atoms with van der Waals surface area (Å²) in [5.74, 6) is -0.872. The summed E-state index contributed by atoms with van der Waals surface area (Å²) < 4.78 is 78.4. The number of hydrogen-bond donors (Lipinski definition) is 2. The molecule has 1 aliphatic rings. The first kappa shape index (κ1) is 23.8. The van der Waals surface area contributed by atoms with E-state index in [2.05, 4.69) is 30.2 Å². The lowest BCUT2D eigenvalue weighted by atomic mass is 10.1. The fourth-order valence-electron chi connectivity index (χ4n) is 2.96. The zero-order chi connectivity index (χ0) is 25.4. The van der Waals surface area contributed by atoms with Crippen LogP contribution in [0.5, 0.6) is 0 Å². The van der Waals surface area contributed by atoms with Crippen LogP contribution >= 0.6 is 0 Å². The molecule has 0 aromatic carbocycles. The van der Waals surface area contributed by atoms with Crippen molar-refractivity contribution in [2.45, 2.75) is 18.0 Å². The molecule has 2 N–H and O–H groups in total. The van der Waals surface area contributed by atoms with E-state index in [1.807, 2.05) is 0 Å². The van der Waals surface area contributed by atoms with E-state index in [-0.39, 0.29) is 35.6 Å². The Bertz CT molecular complexity index is 1340. The van der Waals surface area contributed by atoms with Gasteiger partial charge in [-0.1, -0.05) is 6.07 Å². The summed E-state index contributed by atoms with van der Waals surface area (Å²) in [6.07, 6.45) is -6.14. The topological polar surface area (TPSA) is 124 Å². The van der Waals surface area contributed by atoms with Gasteiger partial charge in [-0.3, -0.25) is 4.98 Å². The lowest BCUT2D eigenvalue weighted by Crippen LogP contribution is -2.33. The summed E-state index contributed by atoms with van der Waals surface area (Å²) in [5, 5.41) is 21.8. The van der Waals surface area contributed by atoms with Crippen LogP contribution in [0.4, 0.5) is 43.9 Å². The van der Waals surface area contributed by atoms with Gasteiger partial charge >= 0.3 is 12.4 Å². The van der Waals surface area contributed by atoms with Gasteiger partial charge in [0.1, 0.15) is 23.2 Å². The number of rotatable bonds is 4. The average Bonchev–Trinajstić information content (AvgIpc) is 3.21. The van der Waals surface area contributed by atoms with E-state index >= 15 is 0 Å². The van der Waals surface area contributed by atoms with E-state index in [1.54, 1.807) is 6.07 Å². The van der Waals surface area contributed by atoms with Gasteiger partial charge < -0.3 is 15.3 Å². The second kappa shape index (κ2) is 8.47. The molecule has 1 atom stereocenters. The maximum Gasteiger partial charge on any atom is 0.433 e. The number of nitrogens with one attached hydrogen (secondary N) is 1. The molecule has 15 heteroatoms. The molecule has 1 aliphatic heterocycles. The number of alkyl halides is 6. The number of nitriles is 1. The predicted molar refractivity (Wildman–Crippen MR) is 108 cm³/mol. The third kappa shape index (κ3) is 5.27.